The Kier molecular flexibility index (Phi) is 2.72. The lowest BCUT2D eigenvalue weighted by Gasteiger charge is -2.17. The molecule has 0 aromatic rings. The summed E-state index contributed by atoms with van der Waals surface area (Å²) in [7, 11) is 2.81. The maximum atomic E-state index is 2.81. The first-order valence-corrected chi connectivity index (χ1v) is 4.53. The fraction of sp³-hybridized carbons (Fsp3) is 0.750. The van der Waals surface area contributed by atoms with Gasteiger partial charge in [-0.1, -0.05) is 19.1 Å². The van der Waals surface area contributed by atoms with Gasteiger partial charge in [0.25, 0.3) is 0 Å². The monoisotopic (exact) mass is 142 g/mol. The highest BCUT2D eigenvalue weighted by atomic mass is 31.0. The van der Waals surface area contributed by atoms with E-state index in [1.165, 1.54) is 19.0 Å². The average molecular weight is 142 g/mol. The maximum Gasteiger partial charge on any atom is -0.0199 e. The summed E-state index contributed by atoms with van der Waals surface area (Å²) in [5.41, 5.74) is 0. The third-order valence-electron chi connectivity index (χ3n) is 2.01. The predicted molar refractivity (Wildman–Crippen MR) is 45.6 cm³/mol. The van der Waals surface area contributed by atoms with Crippen LogP contribution >= 0.6 is 9.24 Å². The average Bonchev–Trinajstić information content (AvgIpc) is 1.90. The third kappa shape index (κ3) is 2.10. The maximum absolute atomic E-state index is 2.81. The fourth-order valence-corrected chi connectivity index (χ4v) is 1.61. The minimum Gasteiger partial charge on any atom is -0.137 e. The van der Waals surface area contributed by atoms with Crippen molar-refractivity contribution in [2.24, 2.45) is 11.8 Å². The molecule has 0 saturated carbocycles. The molecule has 0 aromatic carbocycles. The minimum absolute atomic E-state index is 0.831. The summed E-state index contributed by atoms with van der Waals surface area (Å²) in [6.45, 7) is 2.29. The fourth-order valence-electron chi connectivity index (χ4n) is 1.21. The second kappa shape index (κ2) is 3.37. The van der Waals surface area contributed by atoms with Crippen LogP contribution in [-0.2, 0) is 0 Å². The molecule has 1 heteroatoms. The van der Waals surface area contributed by atoms with Crippen LogP contribution in [0.25, 0.3) is 0 Å². The molecule has 0 bridgehead atoms. The molecule has 0 radical (unpaired) electrons. The lowest BCUT2D eigenvalue weighted by atomic mass is 9.91. The van der Waals surface area contributed by atoms with E-state index in [4.69, 9.17) is 0 Å². The zero-order chi connectivity index (χ0) is 6.69. The highest BCUT2D eigenvalue weighted by Gasteiger charge is 2.09. The smallest absolute Gasteiger partial charge is 0.0199 e. The third-order valence-corrected chi connectivity index (χ3v) is 2.61. The van der Waals surface area contributed by atoms with Crippen LogP contribution in [0.1, 0.15) is 19.8 Å². The SMILES string of the molecule is CC1C=CC(CP)CC1. The van der Waals surface area contributed by atoms with Crippen molar-refractivity contribution in [3.05, 3.63) is 12.2 Å². The lowest BCUT2D eigenvalue weighted by molar-refractivity contribution is 0.507. The molecule has 0 fully saturated rings. The van der Waals surface area contributed by atoms with Crippen LogP contribution in [0, 0.1) is 11.8 Å². The predicted octanol–water partition coefficient (Wildman–Crippen LogP) is 2.46. The van der Waals surface area contributed by atoms with Crippen LogP contribution in [0.2, 0.25) is 0 Å². The summed E-state index contributed by atoms with van der Waals surface area (Å²) in [5, 5.41) is 0. The molecule has 52 valence electrons. The Balaban J connectivity index is 2.38. The normalized spacial score (nSPS) is 34.9. The van der Waals surface area contributed by atoms with Gasteiger partial charge in [0.2, 0.25) is 0 Å². The molecule has 0 aliphatic heterocycles. The van der Waals surface area contributed by atoms with Crippen molar-refractivity contribution < 1.29 is 0 Å². The summed E-state index contributed by atoms with van der Waals surface area (Å²) < 4.78 is 0. The number of allylic oxidation sites excluding steroid dienone is 2. The Hall–Kier alpha value is 0.170. The molecule has 1 aliphatic rings. The van der Waals surface area contributed by atoms with Gasteiger partial charge in [-0.05, 0) is 30.8 Å². The molecule has 0 aromatic heterocycles. The van der Waals surface area contributed by atoms with Crippen LogP contribution in [-0.4, -0.2) is 6.16 Å². The van der Waals surface area contributed by atoms with E-state index in [1.807, 2.05) is 0 Å². The molecule has 0 saturated heterocycles. The highest BCUT2D eigenvalue weighted by Crippen LogP contribution is 2.22. The lowest BCUT2D eigenvalue weighted by Crippen LogP contribution is -2.06. The molecule has 0 N–H and O–H groups in total. The summed E-state index contributed by atoms with van der Waals surface area (Å²) in [4.78, 5) is 0. The van der Waals surface area contributed by atoms with Gasteiger partial charge in [-0.2, -0.15) is 0 Å². The van der Waals surface area contributed by atoms with Crippen LogP contribution in [0.4, 0.5) is 0 Å². The van der Waals surface area contributed by atoms with Crippen LogP contribution in [0.5, 0.6) is 0 Å². The molecule has 3 unspecified atom stereocenters. The van der Waals surface area contributed by atoms with Gasteiger partial charge in [0.05, 0.1) is 0 Å². The van der Waals surface area contributed by atoms with Crippen LogP contribution < -0.4 is 0 Å². The Morgan fingerprint density at radius 1 is 1.44 bits per heavy atom. The quantitative estimate of drug-likeness (QED) is 0.389. The molecule has 1 rings (SSSR count). The van der Waals surface area contributed by atoms with E-state index in [9.17, 15) is 0 Å². The van der Waals surface area contributed by atoms with Gasteiger partial charge < -0.3 is 0 Å². The Morgan fingerprint density at radius 2 is 2.22 bits per heavy atom. The van der Waals surface area contributed by atoms with Crippen molar-refractivity contribution >= 4 is 9.24 Å². The van der Waals surface area contributed by atoms with E-state index in [0.717, 1.165) is 11.8 Å². The van der Waals surface area contributed by atoms with Gasteiger partial charge >= 0.3 is 0 Å². The zero-order valence-electron chi connectivity index (χ0n) is 6.01. The van der Waals surface area contributed by atoms with Crippen molar-refractivity contribution in [1.29, 1.82) is 0 Å². The summed E-state index contributed by atoms with van der Waals surface area (Å²) in [6.07, 6.45) is 8.72. The second-order valence-electron chi connectivity index (χ2n) is 2.94. The topological polar surface area (TPSA) is 0 Å². The van der Waals surface area contributed by atoms with E-state index in [-0.39, 0.29) is 0 Å². The molecular weight excluding hydrogens is 127 g/mol. The highest BCUT2D eigenvalue weighted by molar-refractivity contribution is 7.16. The largest absolute Gasteiger partial charge is 0.137 e. The Morgan fingerprint density at radius 3 is 2.67 bits per heavy atom. The van der Waals surface area contributed by atoms with Gasteiger partial charge in [-0.3, -0.25) is 0 Å². The molecule has 0 amide bonds. The van der Waals surface area contributed by atoms with Gasteiger partial charge in [-0.15, -0.1) is 9.24 Å². The van der Waals surface area contributed by atoms with E-state index in [1.54, 1.807) is 0 Å². The first kappa shape index (κ1) is 7.28. The number of hydrogen-bond acceptors (Lipinski definition) is 0. The zero-order valence-corrected chi connectivity index (χ0v) is 7.16. The van der Waals surface area contributed by atoms with Crippen molar-refractivity contribution in [3.8, 4) is 0 Å². The van der Waals surface area contributed by atoms with Crippen LogP contribution in [0.3, 0.4) is 0 Å². The summed E-state index contributed by atoms with van der Waals surface area (Å²) in [5.74, 6) is 1.68. The van der Waals surface area contributed by atoms with Crippen molar-refractivity contribution in [2.75, 3.05) is 6.16 Å². The number of rotatable bonds is 1. The van der Waals surface area contributed by atoms with Gasteiger partial charge in [-0.25, -0.2) is 0 Å². The molecule has 0 heterocycles. The standard InChI is InChI=1S/C8H15P/c1-7-2-4-8(6-9)5-3-7/h2,4,7-8H,3,5-6,9H2,1H3. The van der Waals surface area contributed by atoms with E-state index in [0.29, 0.717) is 0 Å². The summed E-state index contributed by atoms with van der Waals surface area (Å²) in [6, 6.07) is 0. The molecule has 9 heavy (non-hydrogen) atoms. The van der Waals surface area contributed by atoms with Crippen molar-refractivity contribution in [1.82, 2.24) is 0 Å². The number of hydrogen-bond donors (Lipinski definition) is 0. The van der Waals surface area contributed by atoms with E-state index in [2.05, 4.69) is 28.3 Å². The van der Waals surface area contributed by atoms with Crippen molar-refractivity contribution in [2.45, 2.75) is 19.8 Å². The van der Waals surface area contributed by atoms with E-state index < -0.39 is 0 Å². The first-order valence-electron chi connectivity index (χ1n) is 3.71. The molecule has 0 spiro atoms. The Labute approximate surface area is 59.9 Å². The molecular formula is C8H15P. The molecule has 1 aliphatic carbocycles. The van der Waals surface area contributed by atoms with Gasteiger partial charge in [0, 0.05) is 0 Å². The minimum atomic E-state index is 0.831. The Bertz CT molecular complexity index is 107. The van der Waals surface area contributed by atoms with E-state index >= 15 is 0 Å². The molecule has 3 atom stereocenters. The van der Waals surface area contributed by atoms with Gasteiger partial charge in [0.1, 0.15) is 0 Å². The molecule has 0 nitrogen and oxygen atoms in total. The summed E-state index contributed by atoms with van der Waals surface area (Å²) >= 11 is 0. The first-order chi connectivity index (χ1) is 4.33. The van der Waals surface area contributed by atoms with Crippen molar-refractivity contribution in [3.63, 3.8) is 0 Å². The van der Waals surface area contributed by atoms with Gasteiger partial charge in [0.15, 0.2) is 0 Å². The van der Waals surface area contributed by atoms with Crippen LogP contribution in [0.15, 0.2) is 12.2 Å². The second-order valence-corrected chi connectivity index (χ2v) is 3.41.